The van der Waals surface area contributed by atoms with Gasteiger partial charge < -0.3 is 4.74 Å². The fourth-order valence-electron chi connectivity index (χ4n) is 3.31. The summed E-state index contributed by atoms with van der Waals surface area (Å²) in [5.41, 5.74) is 0.120. The van der Waals surface area contributed by atoms with Crippen LogP contribution in [-0.2, 0) is 10.0 Å². The van der Waals surface area contributed by atoms with Gasteiger partial charge in [-0.25, -0.2) is 13.2 Å². The van der Waals surface area contributed by atoms with Crippen LogP contribution in [0.5, 0.6) is 5.75 Å². The van der Waals surface area contributed by atoms with E-state index in [2.05, 4.69) is 0 Å². The van der Waals surface area contributed by atoms with E-state index in [4.69, 9.17) is 27.9 Å². The molecule has 0 unspecified atom stereocenters. The van der Waals surface area contributed by atoms with E-state index in [1.165, 1.54) is 34.6 Å². The largest absolute Gasteiger partial charge is 0.421 e. The number of esters is 1. The molecule has 0 aliphatic heterocycles. The zero-order valence-corrected chi connectivity index (χ0v) is 17.7. The molecule has 0 N–H and O–H groups in total. The van der Waals surface area contributed by atoms with Gasteiger partial charge in [0.25, 0.3) is 0 Å². The van der Waals surface area contributed by atoms with Gasteiger partial charge in [0.05, 0.1) is 15.5 Å². The second-order valence-electron chi connectivity index (χ2n) is 6.78. The molecule has 1 saturated carbocycles. The van der Waals surface area contributed by atoms with Crippen LogP contribution in [0.3, 0.4) is 0 Å². The summed E-state index contributed by atoms with van der Waals surface area (Å²) in [7, 11) is -2.10. The monoisotopic (exact) mass is 441 g/mol. The van der Waals surface area contributed by atoms with Crippen LogP contribution in [0.2, 0.25) is 10.0 Å². The van der Waals surface area contributed by atoms with Crippen molar-refractivity contribution in [1.82, 2.24) is 4.31 Å². The van der Waals surface area contributed by atoms with Gasteiger partial charge in [-0.2, -0.15) is 4.31 Å². The minimum Gasteiger partial charge on any atom is -0.421 e. The smallest absolute Gasteiger partial charge is 0.343 e. The Hall–Kier alpha value is -1.60. The van der Waals surface area contributed by atoms with Crippen molar-refractivity contribution in [3.8, 4) is 5.75 Å². The standard InChI is InChI=1S/C20H21Cl2NO4S/c1-23(15-8-3-2-4-9-15)28(25,26)16-10-5-7-14(13-16)20(24)27-18-12-6-11-17(21)19(18)22/h5-7,10-13,15H,2-4,8-9H2,1H3. The topological polar surface area (TPSA) is 63.7 Å². The Bertz CT molecular complexity index is 972. The fraction of sp³-hybridized carbons (Fsp3) is 0.350. The third-order valence-electron chi connectivity index (χ3n) is 4.95. The van der Waals surface area contributed by atoms with Crippen molar-refractivity contribution in [3.05, 3.63) is 58.1 Å². The Labute approximate surface area is 175 Å². The number of sulfonamides is 1. The molecule has 2 aromatic rings. The predicted octanol–water partition coefficient (Wildman–Crippen LogP) is 5.17. The van der Waals surface area contributed by atoms with Crippen molar-refractivity contribution in [3.63, 3.8) is 0 Å². The summed E-state index contributed by atoms with van der Waals surface area (Å²) < 4.78 is 32.7. The maximum atomic E-state index is 13.0. The van der Waals surface area contributed by atoms with Crippen LogP contribution >= 0.6 is 23.2 Å². The molecule has 150 valence electrons. The van der Waals surface area contributed by atoms with Gasteiger partial charge in [0, 0.05) is 13.1 Å². The van der Waals surface area contributed by atoms with Crippen molar-refractivity contribution in [1.29, 1.82) is 0 Å². The van der Waals surface area contributed by atoms with Gasteiger partial charge in [0.2, 0.25) is 10.0 Å². The summed E-state index contributed by atoms with van der Waals surface area (Å²) in [6, 6.07) is 10.5. The lowest BCUT2D eigenvalue weighted by Crippen LogP contribution is -2.38. The molecule has 0 saturated heterocycles. The SMILES string of the molecule is CN(C1CCCCC1)S(=O)(=O)c1cccc(C(=O)Oc2cccc(Cl)c2Cl)c1. The Balaban J connectivity index is 1.83. The molecule has 5 nitrogen and oxygen atoms in total. The number of nitrogens with zero attached hydrogens (tertiary/aromatic N) is 1. The quantitative estimate of drug-likeness (QED) is 0.474. The lowest BCUT2D eigenvalue weighted by Gasteiger charge is -2.30. The molecule has 8 heteroatoms. The van der Waals surface area contributed by atoms with Crippen molar-refractivity contribution in [2.24, 2.45) is 0 Å². The molecule has 1 fully saturated rings. The van der Waals surface area contributed by atoms with Crippen molar-refractivity contribution in [2.75, 3.05) is 7.05 Å². The second-order valence-corrected chi connectivity index (χ2v) is 9.57. The first-order chi connectivity index (χ1) is 13.3. The summed E-state index contributed by atoms with van der Waals surface area (Å²) in [4.78, 5) is 12.6. The van der Waals surface area contributed by atoms with E-state index < -0.39 is 16.0 Å². The first-order valence-electron chi connectivity index (χ1n) is 9.05. The minimum absolute atomic E-state index is 0.0142. The Morgan fingerprint density at radius 2 is 1.75 bits per heavy atom. The number of carbonyl (C=O) groups is 1. The molecule has 0 spiro atoms. The van der Waals surface area contributed by atoms with Crippen LogP contribution in [-0.4, -0.2) is 31.8 Å². The Morgan fingerprint density at radius 3 is 2.46 bits per heavy atom. The van der Waals surface area contributed by atoms with Gasteiger partial charge in [-0.3, -0.25) is 0 Å². The number of hydrogen-bond donors (Lipinski definition) is 0. The highest BCUT2D eigenvalue weighted by atomic mass is 35.5. The van der Waals surface area contributed by atoms with Gasteiger partial charge in [-0.15, -0.1) is 0 Å². The molecule has 28 heavy (non-hydrogen) atoms. The number of hydrogen-bond acceptors (Lipinski definition) is 4. The number of benzene rings is 2. The minimum atomic E-state index is -3.70. The molecule has 1 aliphatic rings. The summed E-state index contributed by atoms with van der Waals surface area (Å²) in [6.45, 7) is 0. The van der Waals surface area contributed by atoms with Gasteiger partial charge >= 0.3 is 5.97 Å². The molecule has 0 aromatic heterocycles. The maximum absolute atomic E-state index is 13.0. The molecule has 0 amide bonds. The van der Waals surface area contributed by atoms with E-state index in [1.54, 1.807) is 19.2 Å². The van der Waals surface area contributed by atoms with E-state index in [1.807, 2.05) is 0 Å². The predicted molar refractivity (Wildman–Crippen MR) is 110 cm³/mol. The van der Waals surface area contributed by atoms with Crippen molar-refractivity contribution >= 4 is 39.2 Å². The van der Waals surface area contributed by atoms with Crippen LogP contribution in [0.25, 0.3) is 0 Å². The zero-order chi connectivity index (χ0) is 20.3. The molecule has 0 atom stereocenters. The summed E-state index contributed by atoms with van der Waals surface area (Å²) in [5, 5.41) is 0.385. The molecule has 2 aromatic carbocycles. The highest BCUT2D eigenvalue weighted by molar-refractivity contribution is 7.89. The average molecular weight is 442 g/mol. The lowest BCUT2D eigenvalue weighted by atomic mass is 9.96. The molecular weight excluding hydrogens is 421 g/mol. The highest BCUT2D eigenvalue weighted by Crippen LogP contribution is 2.32. The number of halogens is 2. The van der Waals surface area contributed by atoms with Gasteiger partial charge in [0.15, 0.2) is 5.75 Å². The number of rotatable bonds is 5. The molecule has 3 rings (SSSR count). The number of ether oxygens (including phenoxy) is 1. The Morgan fingerprint density at radius 1 is 1.07 bits per heavy atom. The van der Waals surface area contributed by atoms with E-state index in [0.29, 0.717) is 0 Å². The molecule has 0 bridgehead atoms. The van der Waals surface area contributed by atoms with Gasteiger partial charge in [0.1, 0.15) is 5.02 Å². The lowest BCUT2D eigenvalue weighted by molar-refractivity contribution is 0.0734. The normalized spacial score (nSPS) is 15.6. The first-order valence-corrected chi connectivity index (χ1v) is 11.2. The van der Waals surface area contributed by atoms with E-state index in [9.17, 15) is 13.2 Å². The van der Waals surface area contributed by atoms with E-state index in [0.717, 1.165) is 32.1 Å². The van der Waals surface area contributed by atoms with Crippen molar-refractivity contribution in [2.45, 2.75) is 43.0 Å². The summed E-state index contributed by atoms with van der Waals surface area (Å²) in [6.07, 6.45) is 4.89. The molecule has 1 aliphatic carbocycles. The first kappa shape index (κ1) is 21.1. The van der Waals surface area contributed by atoms with Gasteiger partial charge in [-0.05, 0) is 43.2 Å². The van der Waals surface area contributed by atoms with Crippen LogP contribution in [0.15, 0.2) is 47.4 Å². The fourth-order valence-corrected chi connectivity index (χ4v) is 5.11. The number of carbonyl (C=O) groups excluding carboxylic acids is 1. The van der Waals surface area contributed by atoms with Gasteiger partial charge in [-0.1, -0.05) is 54.6 Å². The van der Waals surface area contributed by atoms with Crippen molar-refractivity contribution < 1.29 is 17.9 Å². The zero-order valence-electron chi connectivity index (χ0n) is 15.4. The molecular formula is C20H21Cl2NO4S. The van der Waals surface area contributed by atoms with Crippen LogP contribution in [0.1, 0.15) is 42.5 Å². The van der Waals surface area contributed by atoms with Crippen LogP contribution in [0.4, 0.5) is 0 Å². The molecule has 0 heterocycles. The third kappa shape index (κ3) is 4.51. The van der Waals surface area contributed by atoms with E-state index >= 15 is 0 Å². The van der Waals surface area contributed by atoms with E-state index in [-0.39, 0.29) is 32.3 Å². The second kappa shape index (κ2) is 8.82. The summed E-state index contributed by atoms with van der Waals surface area (Å²) in [5.74, 6) is -0.590. The van der Waals surface area contributed by atoms with Crippen LogP contribution in [0, 0.1) is 0 Å². The molecule has 0 radical (unpaired) electrons. The average Bonchev–Trinajstić information content (AvgIpc) is 2.71. The maximum Gasteiger partial charge on any atom is 0.343 e. The van der Waals surface area contributed by atoms with Crippen LogP contribution < -0.4 is 4.74 Å². The Kier molecular flexibility index (Phi) is 6.65. The third-order valence-corrected chi connectivity index (χ3v) is 7.66. The highest BCUT2D eigenvalue weighted by Gasteiger charge is 2.29. The summed E-state index contributed by atoms with van der Waals surface area (Å²) >= 11 is 12.0.